The molecule has 116 valence electrons. The number of halogens is 1. The summed E-state index contributed by atoms with van der Waals surface area (Å²) in [5, 5.41) is 2.78. The van der Waals surface area contributed by atoms with Crippen LogP contribution in [0.25, 0.3) is 0 Å². The molecule has 0 spiro atoms. The van der Waals surface area contributed by atoms with Crippen LogP contribution in [0.1, 0.15) is 12.5 Å². The quantitative estimate of drug-likeness (QED) is 0.837. The van der Waals surface area contributed by atoms with E-state index in [-0.39, 0.29) is 12.5 Å². The first kappa shape index (κ1) is 16.4. The molecule has 0 saturated carbocycles. The lowest BCUT2D eigenvalue weighted by molar-refractivity contribution is -0.118. The minimum absolute atomic E-state index is 0.0550. The molecule has 0 bridgehead atoms. The van der Waals surface area contributed by atoms with Crippen molar-refractivity contribution in [2.24, 2.45) is 0 Å². The zero-order valence-electron chi connectivity index (χ0n) is 12.6. The summed E-state index contributed by atoms with van der Waals surface area (Å²) in [5.74, 6) is 1.15. The van der Waals surface area contributed by atoms with Crippen molar-refractivity contribution in [3.63, 3.8) is 0 Å². The van der Waals surface area contributed by atoms with Gasteiger partial charge >= 0.3 is 0 Å². The first-order chi connectivity index (χ1) is 10.6. The molecule has 1 amide bonds. The number of anilines is 1. The summed E-state index contributed by atoms with van der Waals surface area (Å²) >= 11 is 3.42. The Hall–Kier alpha value is -2.01. The van der Waals surface area contributed by atoms with Crippen LogP contribution in [0.3, 0.4) is 0 Å². The summed E-state index contributed by atoms with van der Waals surface area (Å²) in [6.07, 6.45) is 0. The molecule has 0 unspecified atom stereocenters. The van der Waals surface area contributed by atoms with E-state index in [4.69, 9.17) is 9.47 Å². The number of carbonyl (C=O) groups excluding carboxylic acids is 1. The molecule has 0 atom stereocenters. The number of ether oxygens (including phenoxy) is 2. The van der Waals surface area contributed by atoms with E-state index in [9.17, 15) is 4.79 Å². The highest BCUT2D eigenvalue weighted by Gasteiger charge is 2.07. The maximum Gasteiger partial charge on any atom is 0.262 e. The lowest BCUT2D eigenvalue weighted by atomic mass is 10.2. The van der Waals surface area contributed by atoms with E-state index in [1.807, 2.05) is 50.2 Å². The lowest BCUT2D eigenvalue weighted by Crippen LogP contribution is -2.20. The van der Waals surface area contributed by atoms with Gasteiger partial charge in [0.2, 0.25) is 0 Å². The molecule has 0 aliphatic rings. The largest absolute Gasteiger partial charge is 0.494 e. The summed E-state index contributed by atoms with van der Waals surface area (Å²) in [7, 11) is 0. The predicted molar refractivity (Wildman–Crippen MR) is 90.6 cm³/mol. The van der Waals surface area contributed by atoms with E-state index in [2.05, 4.69) is 21.2 Å². The molecule has 2 aromatic rings. The van der Waals surface area contributed by atoms with Gasteiger partial charge in [0.25, 0.3) is 5.91 Å². The summed E-state index contributed by atoms with van der Waals surface area (Å²) in [5.41, 5.74) is 1.80. The van der Waals surface area contributed by atoms with E-state index in [1.54, 1.807) is 6.07 Å². The minimum atomic E-state index is -0.221. The highest BCUT2D eigenvalue weighted by Crippen LogP contribution is 2.25. The van der Waals surface area contributed by atoms with Crippen LogP contribution in [0.5, 0.6) is 11.5 Å². The van der Waals surface area contributed by atoms with Crippen molar-refractivity contribution in [3.8, 4) is 11.5 Å². The minimum Gasteiger partial charge on any atom is -0.494 e. The molecule has 0 saturated heterocycles. The van der Waals surface area contributed by atoms with Gasteiger partial charge in [-0.25, -0.2) is 0 Å². The van der Waals surface area contributed by atoms with Gasteiger partial charge in [-0.05, 0) is 59.6 Å². The van der Waals surface area contributed by atoms with Gasteiger partial charge in [-0.15, -0.1) is 0 Å². The first-order valence-electron chi connectivity index (χ1n) is 7.00. The Labute approximate surface area is 138 Å². The van der Waals surface area contributed by atoms with E-state index in [1.165, 1.54) is 0 Å². The molecule has 0 aromatic heterocycles. The second kappa shape index (κ2) is 7.84. The van der Waals surface area contributed by atoms with Crippen LogP contribution in [0, 0.1) is 6.92 Å². The molecule has 0 heterocycles. The van der Waals surface area contributed by atoms with Crippen molar-refractivity contribution in [1.82, 2.24) is 0 Å². The van der Waals surface area contributed by atoms with Gasteiger partial charge in [-0.2, -0.15) is 0 Å². The third kappa shape index (κ3) is 4.77. The Kier molecular flexibility index (Phi) is 5.83. The highest BCUT2D eigenvalue weighted by molar-refractivity contribution is 9.10. The van der Waals surface area contributed by atoms with Crippen molar-refractivity contribution in [1.29, 1.82) is 0 Å². The summed E-state index contributed by atoms with van der Waals surface area (Å²) < 4.78 is 11.7. The molecule has 0 radical (unpaired) electrons. The van der Waals surface area contributed by atoms with Crippen LogP contribution in [-0.2, 0) is 4.79 Å². The van der Waals surface area contributed by atoms with Crippen molar-refractivity contribution in [2.45, 2.75) is 13.8 Å². The molecule has 2 rings (SSSR count). The zero-order valence-corrected chi connectivity index (χ0v) is 14.1. The monoisotopic (exact) mass is 363 g/mol. The standard InChI is InChI=1S/C17H18BrNO3/c1-3-21-14-6-4-5-13(10-14)19-17(20)11-22-16-8-7-12(2)9-15(16)18/h4-10H,3,11H2,1-2H3,(H,19,20). The molecular formula is C17H18BrNO3. The smallest absolute Gasteiger partial charge is 0.262 e. The number of rotatable bonds is 6. The van der Waals surface area contributed by atoms with Crippen molar-refractivity contribution >= 4 is 27.5 Å². The fraction of sp³-hybridized carbons (Fsp3) is 0.235. The highest BCUT2D eigenvalue weighted by atomic mass is 79.9. The fourth-order valence-electron chi connectivity index (χ4n) is 1.89. The van der Waals surface area contributed by atoms with Gasteiger partial charge in [-0.1, -0.05) is 12.1 Å². The van der Waals surface area contributed by atoms with Crippen LogP contribution < -0.4 is 14.8 Å². The van der Waals surface area contributed by atoms with Gasteiger partial charge in [0.15, 0.2) is 6.61 Å². The number of hydrogen-bond donors (Lipinski definition) is 1. The average molecular weight is 364 g/mol. The van der Waals surface area contributed by atoms with Gasteiger partial charge in [0.1, 0.15) is 11.5 Å². The Morgan fingerprint density at radius 3 is 2.73 bits per heavy atom. The Morgan fingerprint density at radius 2 is 2.00 bits per heavy atom. The van der Waals surface area contributed by atoms with Crippen LogP contribution >= 0.6 is 15.9 Å². The summed E-state index contributed by atoms with van der Waals surface area (Å²) in [6.45, 7) is 4.44. The van der Waals surface area contributed by atoms with E-state index in [0.717, 1.165) is 15.8 Å². The Balaban J connectivity index is 1.91. The van der Waals surface area contributed by atoms with E-state index < -0.39 is 0 Å². The fourth-order valence-corrected chi connectivity index (χ4v) is 2.50. The molecule has 0 aliphatic carbocycles. The number of aryl methyl sites for hydroxylation is 1. The third-order valence-electron chi connectivity index (χ3n) is 2.87. The predicted octanol–water partition coefficient (Wildman–Crippen LogP) is 4.17. The normalized spacial score (nSPS) is 10.1. The Morgan fingerprint density at radius 1 is 1.18 bits per heavy atom. The van der Waals surface area contributed by atoms with Crippen LogP contribution in [0.2, 0.25) is 0 Å². The van der Waals surface area contributed by atoms with Gasteiger partial charge in [0, 0.05) is 11.8 Å². The molecule has 0 fully saturated rings. The SMILES string of the molecule is CCOc1cccc(NC(=O)COc2ccc(C)cc2Br)c1. The number of benzene rings is 2. The molecule has 4 nitrogen and oxygen atoms in total. The topological polar surface area (TPSA) is 47.6 Å². The number of nitrogens with one attached hydrogen (secondary N) is 1. The second-order valence-electron chi connectivity index (χ2n) is 4.73. The van der Waals surface area contributed by atoms with Crippen molar-refractivity contribution in [3.05, 3.63) is 52.5 Å². The maximum absolute atomic E-state index is 11.9. The maximum atomic E-state index is 11.9. The van der Waals surface area contributed by atoms with Crippen molar-refractivity contribution < 1.29 is 14.3 Å². The summed E-state index contributed by atoms with van der Waals surface area (Å²) in [6, 6.07) is 13.0. The molecule has 0 aliphatic heterocycles. The first-order valence-corrected chi connectivity index (χ1v) is 7.79. The molecular weight excluding hydrogens is 346 g/mol. The van der Waals surface area contributed by atoms with E-state index in [0.29, 0.717) is 18.0 Å². The second-order valence-corrected chi connectivity index (χ2v) is 5.59. The van der Waals surface area contributed by atoms with Gasteiger partial charge in [-0.3, -0.25) is 4.79 Å². The zero-order chi connectivity index (χ0) is 15.9. The van der Waals surface area contributed by atoms with Gasteiger partial charge in [0.05, 0.1) is 11.1 Å². The molecule has 5 heteroatoms. The van der Waals surface area contributed by atoms with Gasteiger partial charge < -0.3 is 14.8 Å². The molecule has 22 heavy (non-hydrogen) atoms. The van der Waals surface area contributed by atoms with Crippen LogP contribution in [0.15, 0.2) is 46.9 Å². The van der Waals surface area contributed by atoms with Crippen LogP contribution in [0.4, 0.5) is 5.69 Å². The number of amides is 1. The summed E-state index contributed by atoms with van der Waals surface area (Å²) in [4.78, 5) is 11.9. The third-order valence-corrected chi connectivity index (χ3v) is 3.49. The number of hydrogen-bond acceptors (Lipinski definition) is 3. The molecule has 2 aromatic carbocycles. The number of carbonyl (C=O) groups is 1. The Bertz CT molecular complexity index is 658. The van der Waals surface area contributed by atoms with Crippen LogP contribution in [-0.4, -0.2) is 19.1 Å². The molecule has 1 N–H and O–H groups in total. The van der Waals surface area contributed by atoms with Crippen molar-refractivity contribution in [2.75, 3.05) is 18.5 Å². The average Bonchev–Trinajstić information content (AvgIpc) is 2.47. The lowest BCUT2D eigenvalue weighted by Gasteiger charge is -2.10. The van der Waals surface area contributed by atoms with E-state index >= 15 is 0 Å².